The highest BCUT2D eigenvalue weighted by Gasteiger charge is 2.49. The van der Waals surface area contributed by atoms with Crippen LogP contribution in [0.15, 0.2) is 72.8 Å². The van der Waals surface area contributed by atoms with Crippen molar-refractivity contribution in [1.29, 1.82) is 0 Å². The van der Waals surface area contributed by atoms with E-state index >= 15 is 0 Å². The van der Waals surface area contributed by atoms with Crippen LogP contribution >= 0.6 is 0 Å². The van der Waals surface area contributed by atoms with E-state index in [0.29, 0.717) is 11.3 Å². The average Bonchev–Trinajstić information content (AvgIpc) is 3.28. The second-order valence-electron chi connectivity index (χ2n) is 9.66. The van der Waals surface area contributed by atoms with Crippen LogP contribution in [0.2, 0.25) is 0 Å². The van der Waals surface area contributed by atoms with E-state index in [-0.39, 0.29) is 5.69 Å². The third-order valence-corrected chi connectivity index (χ3v) is 7.14. The topological polar surface area (TPSA) is 101 Å². The molecule has 0 bridgehead atoms. The molecule has 1 fully saturated rings. The number of alkyl halides is 2. The quantitative estimate of drug-likeness (QED) is 0.366. The molecular weight excluding hydrogens is 518 g/mol. The lowest BCUT2D eigenvalue weighted by Gasteiger charge is -2.26. The zero-order valence-corrected chi connectivity index (χ0v) is 21.9. The monoisotopic (exact) mass is 546 g/mol. The highest BCUT2D eigenvalue weighted by molar-refractivity contribution is 5.98. The molecule has 206 valence electrons. The number of ether oxygens (including phenoxy) is 1. The van der Waals surface area contributed by atoms with Crippen LogP contribution in [0.3, 0.4) is 0 Å². The number of benzene rings is 3. The number of hydrogen-bond donors (Lipinski definition) is 2. The van der Waals surface area contributed by atoms with E-state index in [9.17, 15) is 23.2 Å². The number of aromatic nitrogens is 1. The molecule has 0 spiro atoms. The van der Waals surface area contributed by atoms with Gasteiger partial charge in [0.05, 0.1) is 31.8 Å². The van der Waals surface area contributed by atoms with Crippen molar-refractivity contribution in [2.45, 2.75) is 31.4 Å². The number of carbonyl (C=O) groups excluding carboxylic acids is 3. The molecule has 3 amide bonds. The van der Waals surface area contributed by atoms with E-state index in [1.807, 2.05) is 36.4 Å². The molecule has 1 aliphatic heterocycles. The Kier molecular flexibility index (Phi) is 7.59. The second-order valence-corrected chi connectivity index (χ2v) is 9.66. The minimum absolute atomic E-state index is 0.0921. The van der Waals surface area contributed by atoms with Gasteiger partial charge in [-0.15, -0.1) is 0 Å². The third kappa shape index (κ3) is 5.16. The van der Waals surface area contributed by atoms with Gasteiger partial charge in [-0.25, -0.2) is 13.8 Å². The summed E-state index contributed by atoms with van der Waals surface area (Å²) in [6, 6.07) is 19.3. The van der Waals surface area contributed by atoms with Crippen molar-refractivity contribution in [3.8, 4) is 5.75 Å². The van der Waals surface area contributed by atoms with Gasteiger partial charge in [-0.05, 0) is 36.1 Å². The van der Waals surface area contributed by atoms with Crippen LogP contribution in [0, 0.1) is 0 Å². The van der Waals surface area contributed by atoms with Crippen LogP contribution in [0.1, 0.15) is 29.0 Å². The summed E-state index contributed by atoms with van der Waals surface area (Å²) in [6.07, 6.45) is -4.24. The first-order valence-electron chi connectivity index (χ1n) is 12.9. The first-order valence-corrected chi connectivity index (χ1v) is 12.9. The molecule has 5 rings (SSSR count). The van der Waals surface area contributed by atoms with Crippen LogP contribution in [0.5, 0.6) is 5.75 Å². The van der Waals surface area contributed by atoms with Gasteiger partial charge in [-0.2, -0.15) is 0 Å². The lowest BCUT2D eigenvalue weighted by atomic mass is 9.98. The zero-order chi connectivity index (χ0) is 28.4. The number of hydrogen-bond acceptors (Lipinski definition) is 5. The molecule has 1 aromatic heterocycles. The fourth-order valence-electron chi connectivity index (χ4n) is 5.08. The smallest absolute Gasteiger partial charge is 0.270 e. The molecule has 2 heterocycles. The van der Waals surface area contributed by atoms with E-state index in [1.165, 1.54) is 6.07 Å². The van der Waals surface area contributed by atoms with E-state index in [0.717, 1.165) is 26.6 Å². The summed E-state index contributed by atoms with van der Waals surface area (Å²) in [5.74, 6) is -1.56. The van der Waals surface area contributed by atoms with Crippen molar-refractivity contribution in [2.75, 3.05) is 20.2 Å². The predicted octanol–water partition coefficient (Wildman–Crippen LogP) is 3.89. The molecule has 0 radical (unpaired) electrons. The van der Waals surface area contributed by atoms with Gasteiger partial charge < -0.3 is 20.3 Å². The van der Waals surface area contributed by atoms with Gasteiger partial charge in [0.15, 0.2) is 12.3 Å². The number of halogens is 2. The summed E-state index contributed by atoms with van der Waals surface area (Å²) in [6.45, 7) is 0.585. The average molecular weight is 547 g/mol. The van der Waals surface area contributed by atoms with E-state index < -0.39 is 55.2 Å². The zero-order valence-electron chi connectivity index (χ0n) is 21.9. The van der Waals surface area contributed by atoms with Gasteiger partial charge in [0.2, 0.25) is 11.8 Å². The fourth-order valence-corrected chi connectivity index (χ4v) is 5.08. The third-order valence-electron chi connectivity index (χ3n) is 7.14. The van der Waals surface area contributed by atoms with Crippen LogP contribution in [-0.2, 0) is 9.59 Å². The standard InChI is InChI=1S/C30H28F2N4O4/c1-17(19-12-14-25(40-2)21-9-5-4-8-20(19)21)34-30(39)28-27(32)22(31)16-36(28)26(37)15-33-29(38)24-13-11-18-7-3-6-10-23(18)35-24/h3-14,17,22,27-28H,15-16H2,1-2H3,(H,33,38)(H,34,39)/t17-,22+,27?,28+/m0/s1. The van der Waals surface area contributed by atoms with Crippen molar-refractivity contribution in [1.82, 2.24) is 20.5 Å². The molecule has 10 heteroatoms. The van der Waals surface area contributed by atoms with Gasteiger partial charge >= 0.3 is 0 Å². The molecule has 4 aromatic rings. The predicted molar refractivity (Wildman–Crippen MR) is 146 cm³/mol. The molecule has 1 aliphatic rings. The molecular formula is C30H28F2N4O4. The molecule has 1 saturated heterocycles. The number of methoxy groups -OCH3 is 1. The van der Waals surface area contributed by atoms with Crippen molar-refractivity contribution in [3.05, 3.63) is 84.1 Å². The van der Waals surface area contributed by atoms with Crippen molar-refractivity contribution in [2.24, 2.45) is 0 Å². The Hall–Kier alpha value is -4.60. The second kappa shape index (κ2) is 11.3. The van der Waals surface area contributed by atoms with Gasteiger partial charge in [-0.1, -0.05) is 54.6 Å². The minimum atomic E-state index is -2.21. The van der Waals surface area contributed by atoms with Crippen LogP contribution < -0.4 is 15.4 Å². The number of rotatable bonds is 7. The molecule has 0 saturated carbocycles. The minimum Gasteiger partial charge on any atom is -0.496 e. The molecule has 2 N–H and O–H groups in total. The van der Waals surface area contributed by atoms with Crippen LogP contribution in [-0.4, -0.2) is 66.2 Å². The lowest BCUT2D eigenvalue weighted by Crippen LogP contribution is -2.52. The highest BCUT2D eigenvalue weighted by atomic mass is 19.2. The molecule has 0 aliphatic carbocycles. The maximum atomic E-state index is 14.9. The van der Waals surface area contributed by atoms with Gasteiger partial charge in [0.1, 0.15) is 17.5 Å². The van der Waals surface area contributed by atoms with Crippen LogP contribution in [0.25, 0.3) is 21.7 Å². The largest absolute Gasteiger partial charge is 0.496 e. The summed E-state index contributed by atoms with van der Waals surface area (Å²) < 4.78 is 34.8. The number of pyridine rings is 1. The summed E-state index contributed by atoms with van der Waals surface area (Å²) in [4.78, 5) is 43.9. The number of carbonyl (C=O) groups is 3. The van der Waals surface area contributed by atoms with Gasteiger partial charge in [-0.3, -0.25) is 14.4 Å². The van der Waals surface area contributed by atoms with E-state index in [1.54, 1.807) is 44.4 Å². The molecule has 1 unspecified atom stereocenters. The maximum Gasteiger partial charge on any atom is 0.270 e. The number of nitrogens with zero attached hydrogens (tertiary/aromatic N) is 2. The van der Waals surface area contributed by atoms with Crippen molar-refractivity contribution in [3.63, 3.8) is 0 Å². The van der Waals surface area contributed by atoms with Gasteiger partial charge in [0, 0.05) is 10.8 Å². The Morgan fingerprint density at radius 3 is 2.50 bits per heavy atom. The Labute approximate surface area is 229 Å². The normalized spacial score (nSPS) is 19.4. The number of fused-ring (bicyclic) bond motifs is 2. The molecule has 3 aromatic carbocycles. The SMILES string of the molecule is COc1ccc([C@H](C)NC(=O)[C@H]2C(F)[C@H](F)CN2C(=O)CNC(=O)c2ccc3ccccc3n2)c2ccccc12. The summed E-state index contributed by atoms with van der Waals surface area (Å²) >= 11 is 0. The summed E-state index contributed by atoms with van der Waals surface area (Å²) in [5.41, 5.74) is 1.45. The summed E-state index contributed by atoms with van der Waals surface area (Å²) in [7, 11) is 1.56. The number of likely N-dealkylation sites (tertiary alicyclic amines) is 1. The first-order chi connectivity index (χ1) is 19.3. The number of para-hydroxylation sites is 1. The highest BCUT2D eigenvalue weighted by Crippen LogP contribution is 2.32. The number of nitrogens with one attached hydrogen (secondary N) is 2. The lowest BCUT2D eigenvalue weighted by molar-refractivity contribution is -0.139. The molecule has 40 heavy (non-hydrogen) atoms. The Morgan fingerprint density at radius 2 is 1.73 bits per heavy atom. The Morgan fingerprint density at radius 1 is 1.00 bits per heavy atom. The van der Waals surface area contributed by atoms with Gasteiger partial charge in [0.25, 0.3) is 5.91 Å². The van der Waals surface area contributed by atoms with E-state index in [4.69, 9.17) is 4.74 Å². The Bertz CT molecular complexity index is 1600. The fraction of sp³-hybridized carbons (Fsp3) is 0.267. The maximum absolute atomic E-state index is 14.9. The van der Waals surface area contributed by atoms with Crippen molar-refractivity contribution < 1.29 is 27.9 Å². The first kappa shape index (κ1) is 27.0. The molecule has 4 atom stereocenters. The van der Waals surface area contributed by atoms with E-state index in [2.05, 4.69) is 15.6 Å². The molecule has 8 nitrogen and oxygen atoms in total. The van der Waals surface area contributed by atoms with Crippen LogP contribution in [0.4, 0.5) is 8.78 Å². The van der Waals surface area contributed by atoms with Crippen molar-refractivity contribution >= 4 is 39.4 Å². The summed E-state index contributed by atoms with van der Waals surface area (Å²) in [5, 5.41) is 7.70. The Balaban J connectivity index is 1.28. The number of amides is 3.